The van der Waals surface area contributed by atoms with Crippen molar-refractivity contribution in [1.82, 2.24) is 4.90 Å². The molecule has 27 heavy (non-hydrogen) atoms. The number of Topliss-reactive ketones (excluding diaryl/α,β-unsaturated/α-hetero) is 1. The number of carbonyl (C=O) groups is 2. The van der Waals surface area contributed by atoms with Crippen LogP contribution in [0.25, 0.3) is 0 Å². The Labute approximate surface area is 161 Å². The van der Waals surface area contributed by atoms with E-state index in [0.717, 1.165) is 0 Å². The van der Waals surface area contributed by atoms with Crippen molar-refractivity contribution in [1.29, 1.82) is 0 Å². The topological polar surface area (TPSA) is 55.8 Å². The number of hydrogen-bond acceptors (Lipinski definition) is 4. The molecular formula is C20H19ClFNO4. The first kappa shape index (κ1) is 19.2. The molecule has 2 aromatic carbocycles. The zero-order valence-corrected chi connectivity index (χ0v) is 15.6. The van der Waals surface area contributed by atoms with E-state index >= 15 is 0 Å². The number of ether oxygens (including phenoxy) is 2. The van der Waals surface area contributed by atoms with Crippen molar-refractivity contribution in [2.75, 3.05) is 20.3 Å². The molecule has 1 amide bonds. The van der Waals surface area contributed by atoms with E-state index < -0.39 is 5.82 Å². The molecular weight excluding hydrogens is 373 g/mol. The van der Waals surface area contributed by atoms with Crippen molar-refractivity contribution in [2.45, 2.75) is 19.4 Å². The van der Waals surface area contributed by atoms with Gasteiger partial charge in [0, 0.05) is 42.6 Å². The largest absolute Gasteiger partial charge is 0.486 e. The summed E-state index contributed by atoms with van der Waals surface area (Å²) >= 11 is 5.99. The first-order chi connectivity index (χ1) is 13.0. The van der Waals surface area contributed by atoms with Crippen LogP contribution in [-0.4, -0.2) is 36.9 Å². The predicted molar refractivity (Wildman–Crippen MR) is 98.9 cm³/mol. The van der Waals surface area contributed by atoms with Crippen LogP contribution in [0.5, 0.6) is 11.5 Å². The van der Waals surface area contributed by atoms with Gasteiger partial charge in [-0.25, -0.2) is 4.39 Å². The summed E-state index contributed by atoms with van der Waals surface area (Å²) in [5.74, 6) is 0.243. The molecule has 0 aromatic heterocycles. The summed E-state index contributed by atoms with van der Waals surface area (Å²) < 4.78 is 24.7. The zero-order chi connectivity index (χ0) is 19.4. The minimum absolute atomic E-state index is 0.0237. The fourth-order valence-electron chi connectivity index (χ4n) is 2.78. The van der Waals surface area contributed by atoms with Gasteiger partial charge in [0.1, 0.15) is 19.0 Å². The summed E-state index contributed by atoms with van der Waals surface area (Å²) in [7, 11) is 1.56. The number of benzene rings is 2. The lowest BCUT2D eigenvalue weighted by Gasteiger charge is -2.19. The molecule has 0 saturated heterocycles. The fourth-order valence-corrected chi connectivity index (χ4v) is 3.00. The maximum atomic E-state index is 13.8. The van der Waals surface area contributed by atoms with Gasteiger partial charge >= 0.3 is 0 Å². The van der Waals surface area contributed by atoms with Gasteiger partial charge in [-0.3, -0.25) is 9.59 Å². The first-order valence-corrected chi connectivity index (χ1v) is 8.93. The van der Waals surface area contributed by atoms with E-state index in [0.29, 0.717) is 30.3 Å². The van der Waals surface area contributed by atoms with Crippen LogP contribution in [0.2, 0.25) is 5.02 Å². The minimum Gasteiger partial charge on any atom is -0.486 e. The molecule has 0 unspecified atom stereocenters. The van der Waals surface area contributed by atoms with Crippen LogP contribution >= 0.6 is 11.6 Å². The highest BCUT2D eigenvalue weighted by Gasteiger charge is 2.18. The summed E-state index contributed by atoms with van der Waals surface area (Å²) in [5.41, 5.74) is 0.722. The normalized spacial score (nSPS) is 12.6. The number of carbonyl (C=O) groups excluding carboxylic acids is 2. The molecule has 2 aromatic rings. The molecule has 1 heterocycles. The van der Waals surface area contributed by atoms with Gasteiger partial charge in [-0.2, -0.15) is 0 Å². The summed E-state index contributed by atoms with van der Waals surface area (Å²) in [6.45, 7) is 0.961. The van der Waals surface area contributed by atoms with Crippen molar-refractivity contribution in [2.24, 2.45) is 0 Å². The summed E-state index contributed by atoms with van der Waals surface area (Å²) in [6, 6.07) is 9.35. The quantitative estimate of drug-likeness (QED) is 0.701. The third-order valence-corrected chi connectivity index (χ3v) is 4.67. The standard InChI is InChI=1S/C20H19ClFNO4/c1-23(12-14-15(21)3-2-4-16(14)22)20(25)8-6-17(24)13-5-7-18-19(11-13)27-10-9-26-18/h2-5,7,11H,6,8-10,12H2,1H3. The second-order valence-electron chi connectivity index (χ2n) is 6.23. The number of fused-ring (bicyclic) bond motifs is 1. The Balaban J connectivity index is 1.57. The fraction of sp³-hybridized carbons (Fsp3) is 0.300. The van der Waals surface area contributed by atoms with E-state index in [4.69, 9.17) is 21.1 Å². The maximum absolute atomic E-state index is 13.8. The Hall–Kier alpha value is -2.60. The molecule has 142 valence electrons. The molecule has 0 spiro atoms. The van der Waals surface area contributed by atoms with E-state index in [2.05, 4.69) is 0 Å². The molecule has 0 bridgehead atoms. The molecule has 1 aliphatic rings. The van der Waals surface area contributed by atoms with Gasteiger partial charge in [0.25, 0.3) is 0 Å². The zero-order valence-electron chi connectivity index (χ0n) is 14.8. The number of nitrogens with zero attached hydrogens (tertiary/aromatic N) is 1. The van der Waals surface area contributed by atoms with Crippen molar-refractivity contribution in [3.05, 3.63) is 58.4 Å². The average Bonchev–Trinajstić information content (AvgIpc) is 2.68. The van der Waals surface area contributed by atoms with Crippen LogP contribution in [0.15, 0.2) is 36.4 Å². The molecule has 0 aliphatic carbocycles. The van der Waals surface area contributed by atoms with E-state index in [1.807, 2.05) is 0 Å². The molecule has 0 atom stereocenters. The van der Waals surface area contributed by atoms with Gasteiger partial charge in [-0.1, -0.05) is 17.7 Å². The van der Waals surface area contributed by atoms with Crippen LogP contribution in [-0.2, 0) is 11.3 Å². The molecule has 0 radical (unpaired) electrons. The SMILES string of the molecule is CN(Cc1c(F)cccc1Cl)C(=O)CCC(=O)c1ccc2c(c1)OCCO2. The third-order valence-electron chi connectivity index (χ3n) is 4.31. The number of rotatable bonds is 6. The van der Waals surface area contributed by atoms with Gasteiger partial charge in [-0.05, 0) is 30.3 Å². The highest BCUT2D eigenvalue weighted by Crippen LogP contribution is 2.31. The van der Waals surface area contributed by atoms with Crippen LogP contribution in [0.4, 0.5) is 4.39 Å². The van der Waals surface area contributed by atoms with Gasteiger partial charge in [-0.15, -0.1) is 0 Å². The Morgan fingerprint density at radius 1 is 1.11 bits per heavy atom. The van der Waals surface area contributed by atoms with E-state index in [1.54, 1.807) is 31.3 Å². The number of ketones is 1. The number of hydrogen-bond donors (Lipinski definition) is 0. The molecule has 5 nitrogen and oxygen atoms in total. The molecule has 0 fully saturated rings. The van der Waals surface area contributed by atoms with E-state index in [1.165, 1.54) is 17.0 Å². The lowest BCUT2D eigenvalue weighted by atomic mass is 10.1. The van der Waals surface area contributed by atoms with Crippen LogP contribution in [0.1, 0.15) is 28.8 Å². The Bertz CT molecular complexity index is 851. The average molecular weight is 392 g/mol. The highest BCUT2D eigenvalue weighted by molar-refractivity contribution is 6.31. The van der Waals surface area contributed by atoms with Crippen molar-refractivity contribution in [3.63, 3.8) is 0 Å². The van der Waals surface area contributed by atoms with Gasteiger partial charge in [0.2, 0.25) is 5.91 Å². The summed E-state index contributed by atoms with van der Waals surface area (Å²) in [5, 5.41) is 0.266. The number of amides is 1. The third kappa shape index (κ3) is 4.57. The second kappa shape index (κ2) is 8.39. The van der Waals surface area contributed by atoms with Gasteiger partial charge < -0.3 is 14.4 Å². The molecule has 0 saturated carbocycles. The Morgan fingerprint density at radius 2 is 1.85 bits per heavy atom. The van der Waals surface area contributed by atoms with E-state index in [-0.39, 0.29) is 41.7 Å². The van der Waals surface area contributed by atoms with Crippen molar-refractivity contribution < 1.29 is 23.5 Å². The molecule has 1 aliphatic heterocycles. The predicted octanol–water partition coefficient (Wildman–Crippen LogP) is 3.87. The van der Waals surface area contributed by atoms with Crippen LogP contribution in [0, 0.1) is 5.82 Å². The monoisotopic (exact) mass is 391 g/mol. The Morgan fingerprint density at radius 3 is 2.59 bits per heavy atom. The highest BCUT2D eigenvalue weighted by atomic mass is 35.5. The smallest absolute Gasteiger partial charge is 0.223 e. The lowest BCUT2D eigenvalue weighted by molar-refractivity contribution is -0.130. The summed E-state index contributed by atoms with van der Waals surface area (Å²) in [4.78, 5) is 26.0. The molecule has 7 heteroatoms. The van der Waals surface area contributed by atoms with Gasteiger partial charge in [0.05, 0.1) is 0 Å². The molecule has 0 N–H and O–H groups in total. The first-order valence-electron chi connectivity index (χ1n) is 8.55. The van der Waals surface area contributed by atoms with Crippen LogP contribution in [0.3, 0.4) is 0 Å². The Kier molecular flexibility index (Phi) is 5.96. The lowest BCUT2D eigenvalue weighted by Crippen LogP contribution is -2.27. The summed E-state index contributed by atoms with van der Waals surface area (Å²) in [6.07, 6.45) is 0.0731. The minimum atomic E-state index is -0.463. The van der Waals surface area contributed by atoms with Crippen molar-refractivity contribution in [3.8, 4) is 11.5 Å². The maximum Gasteiger partial charge on any atom is 0.223 e. The molecule has 3 rings (SSSR count). The van der Waals surface area contributed by atoms with Crippen molar-refractivity contribution >= 4 is 23.3 Å². The number of halogens is 2. The van der Waals surface area contributed by atoms with Crippen LogP contribution < -0.4 is 9.47 Å². The second-order valence-corrected chi connectivity index (χ2v) is 6.64. The van der Waals surface area contributed by atoms with E-state index in [9.17, 15) is 14.0 Å². The van der Waals surface area contributed by atoms with Gasteiger partial charge in [0.15, 0.2) is 17.3 Å².